The Bertz CT molecular complexity index is 675. The molecule has 0 aliphatic heterocycles. The van der Waals surface area contributed by atoms with Crippen LogP contribution >= 0.6 is 0 Å². The summed E-state index contributed by atoms with van der Waals surface area (Å²) < 4.78 is 0. The summed E-state index contributed by atoms with van der Waals surface area (Å²) in [5, 5.41) is 8.51. The molecule has 92 valence electrons. The summed E-state index contributed by atoms with van der Waals surface area (Å²) in [4.78, 5) is 7.05. The highest BCUT2D eigenvalue weighted by Crippen LogP contribution is 2.42. The van der Waals surface area contributed by atoms with Crippen molar-refractivity contribution in [3.05, 3.63) is 67.3 Å². The van der Waals surface area contributed by atoms with Gasteiger partial charge in [-0.15, -0.1) is 0 Å². The van der Waals surface area contributed by atoms with Crippen molar-refractivity contribution in [1.82, 2.24) is 9.97 Å². The molecule has 4 rings (SSSR count). The standard InChI is InChI=1S/C12H8.C4H4N2O/c1-2-4-9(5-3-1)12-8-10-6-7-11(10)12;7-4-1-5-3-6-2-4/h1-8H;1-3,7H. The first-order chi connectivity index (χ1) is 9.34. The fraction of sp³-hybridized carbons (Fsp3) is 0. The average molecular weight is 248 g/mol. The number of benzene rings is 2. The summed E-state index contributed by atoms with van der Waals surface area (Å²) in [5.74, 6) is 0.0995. The zero-order valence-corrected chi connectivity index (χ0v) is 10.2. The number of nitrogens with zero attached hydrogens (tertiary/aromatic N) is 2. The van der Waals surface area contributed by atoms with E-state index in [1.807, 2.05) is 0 Å². The van der Waals surface area contributed by atoms with E-state index in [0.29, 0.717) is 0 Å². The molecule has 1 N–H and O–H groups in total. The van der Waals surface area contributed by atoms with Crippen LogP contribution in [0.25, 0.3) is 22.3 Å². The molecule has 0 amide bonds. The Balaban J connectivity index is 0.000000136. The molecule has 0 atom stereocenters. The zero-order valence-electron chi connectivity index (χ0n) is 10.2. The van der Waals surface area contributed by atoms with E-state index in [9.17, 15) is 0 Å². The topological polar surface area (TPSA) is 46.0 Å². The summed E-state index contributed by atoms with van der Waals surface area (Å²) in [5.41, 5.74) is 5.57. The largest absolute Gasteiger partial charge is 0.505 e. The Morgan fingerprint density at radius 1 is 0.737 bits per heavy atom. The second-order valence-corrected chi connectivity index (χ2v) is 4.22. The van der Waals surface area contributed by atoms with Crippen LogP contribution in [0.2, 0.25) is 0 Å². The minimum Gasteiger partial charge on any atom is -0.505 e. The molecule has 1 heterocycles. The lowest BCUT2D eigenvalue weighted by Gasteiger charge is -2.20. The van der Waals surface area contributed by atoms with E-state index in [2.05, 4.69) is 58.5 Å². The van der Waals surface area contributed by atoms with Crippen molar-refractivity contribution >= 4 is 0 Å². The molecule has 19 heavy (non-hydrogen) atoms. The van der Waals surface area contributed by atoms with Crippen LogP contribution in [0.4, 0.5) is 0 Å². The van der Waals surface area contributed by atoms with E-state index >= 15 is 0 Å². The van der Waals surface area contributed by atoms with Crippen molar-refractivity contribution in [2.24, 2.45) is 0 Å². The molecular weight excluding hydrogens is 236 g/mol. The van der Waals surface area contributed by atoms with Crippen molar-refractivity contribution in [1.29, 1.82) is 0 Å². The van der Waals surface area contributed by atoms with Gasteiger partial charge in [-0.1, -0.05) is 42.5 Å². The molecule has 0 bridgehead atoms. The SMILES string of the molecule is Oc1cncnc1.c1ccc(-c2cc3ccc2-3)cc1. The lowest BCUT2D eigenvalue weighted by molar-refractivity contribution is 0.469. The lowest BCUT2D eigenvalue weighted by atomic mass is 9.83. The molecule has 0 fully saturated rings. The Morgan fingerprint density at radius 2 is 1.47 bits per heavy atom. The first-order valence-corrected chi connectivity index (χ1v) is 5.98. The fourth-order valence-corrected chi connectivity index (χ4v) is 1.94. The minimum absolute atomic E-state index is 0.0995. The highest BCUT2D eigenvalue weighted by Gasteiger charge is 2.16. The highest BCUT2D eigenvalue weighted by molar-refractivity contribution is 5.95. The Hall–Kier alpha value is -2.68. The van der Waals surface area contributed by atoms with Gasteiger partial charge >= 0.3 is 0 Å². The van der Waals surface area contributed by atoms with Gasteiger partial charge in [-0.25, -0.2) is 9.97 Å². The molecule has 1 aromatic heterocycles. The van der Waals surface area contributed by atoms with Gasteiger partial charge in [0.15, 0.2) is 5.75 Å². The number of hydrogen-bond acceptors (Lipinski definition) is 3. The maximum Gasteiger partial charge on any atom is 0.152 e. The van der Waals surface area contributed by atoms with Crippen LogP contribution in [0.5, 0.6) is 5.75 Å². The van der Waals surface area contributed by atoms with Crippen molar-refractivity contribution in [3.8, 4) is 28.0 Å². The van der Waals surface area contributed by atoms with E-state index in [0.717, 1.165) is 0 Å². The van der Waals surface area contributed by atoms with Crippen LogP contribution < -0.4 is 0 Å². The van der Waals surface area contributed by atoms with Gasteiger partial charge in [0, 0.05) is 0 Å². The third-order valence-corrected chi connectivity index (χ3v) is 2.96. The van der Waals surface area contributed by atoms with E-state index in [1.165, 1.54) is 41.0 Å². The third-order valence-electron chi connectivity index (χ3n) is 2.96. The van der Waals surface area contributed by atoms with Gasteiger partial charge < -0.3 is 5.11 Å². The lowest BCUT2D eigenvalue weighted by Crippen LogP contribution is -1.94. The third kappa shape index (κ3) is 2.31. The predicted molar refractivity (Wildman–Crippen MR) is 74.6 cm³/mol. The highest BCUT2D eigenvalue weighted by atomic mass is 16.3. The molecule has 1 aromatic carbocycles. The molecule has 3 heteroatoms. The maximum atomic E-state index is 8.51. The van der Waals surface area contributed by atoms with Gasteiger partial charge in [-0.05, 0) is 28.3 Å². The predicted octanol–water partition coefficient (Wildman–Crippen LogP) is 3.52. The Labute approximate surface area is 111 Å². The van der Waals surface area contributed by atoms with Crippen LogP contribution in [0.1, 0.15) is 0 Å². The van der Waals surface area contributed by atoms with Gasteiger partial charge in [0.1, 0.15) is 6.33 Å². The van der Waals surface area contributed by atoms with Gasteiger partial charge in [0.2, 0.25) is 0 Å². The minimum atomic E-state index is 0.0995. The molecule has 3 nitrogen and oxygen atoms in total. The number of fused-ring (bicyclic) bond motifs is 1. The number of aromatic hydroxyl groups is 1. The molecule has 0 unspecified atom stereocenters. The van der Waals surface area contributed by atoms with Gasteiger partial charge in [-0.2, -0.15) is 0 Å². The molecule has 0 saturated heterocycles. The number of hydrogen-bond donors (Lipinski definition) is 1. The van der Waals surface area contributed by atoms with Gasteiger partial charge in [0.05, 0.1) is 12.4 Å². The van der Waals surface area contributed by atoms with Crippen molar-refractivity contribution in [3.63, 3.8) is 0 Å². The second kappa shape index (κ2) is 4.90. The second-order valence-electron chi connectivity index (χ2n) is 4.22. The van der Waals surface area contributed by atoms with Crippen LogP contribution in [-0.4, -0.2) is 15.1 Å². The Morgan fingerprint density at radius 3 is 1.89 bits per heavy atom. The maximum absolute atomic E-state index is 8.51. The summed E-state index contributed by atoms with van der Waals surface area (Å²) in [6.45, 7) is 0. The Kier molecular flexibility index (Phi) is 2.94. The molecule has 0 radical (unpaired) electrons. The molecule has 2 aliphatic rings. The van der Waals surface area contributed by atoms with Crippen LogP contribution in [-0.2, 0) is 0 Å². The number of aromatic nitrogens is 2. The summed E-state index contributed by atoms with van der Waals surface area (Å²) in [6.07, 6.45) is 4.01. The van der Waals surface area contributed by atoms with Gasteiger partial charge in [0.25, 0.3) is 0 Å². The van der Waals surface area contributed by atoms with Crippen molar-refractivity contribution in [2.45, 2.75) is 0 Å². The molecule has 2 aliphatic carbocycles. The number of rotatable bonds is 1. The van der Waals surface area contributed by atoms with E-state index in [-0.39, 0.29) is 5.75 Å². The van der Waals surface area contributed by atoms with E-state index < -0.39 is 0 Å². The molecule has 0 spiro atoms. The van der Waals surface area contributed by atoms with Crippen LogP contribution in [0, 0.1) is 0 Å². The quantitative estimate of drug-likeness (QED) is 0.560. The zero-order chi connectivity index (χ0) is 13.1. The first-order valence-electron chi connectivity index (χ1n) is 5.98. The van der Waals surface area contributed by atoms with Crippen molar-refractivity contribution < 1.29 is 5.11 Å². The monoisotopic (exact) mass is 248 g/mol. The summed E-state index contributed by atoms with van der Waals surface area (Å²) >= 11 is 0. The fourth-order valence-electron chi connectivity index (χ4n) is 1.94. The van der Waals surface area contributed by atoms with E-state index in [4.69, 9.17) is 5.11 Å². The van der Waals surface area contributed by atoms with Crippen LogP contribution in [0.3, 0.4) is 0 Å². The van der Waals surface area contributed by atoms with Crippen LogP contribution in [0.15, 0.2) is 67.3 Å². The smallest absolute Gasteiger partial charge is 0.152 e. The normalized spacial score (nSPS) is 10.3. The average Bonchev–Trinajstić information content (AvgIpc) is 2.44. The summed E-state index contributed by atoms with van der Waals surface area (Å²) in [6, 6.07) is 17.1. The molecule has 2 aromatic rings. The van der Waals surface area contributed by atoms with E-state index in [1.54, 1.807) is 0 Å². The van der Waals surface area contributed by atoms with Crippen molar-refractivity contribution in [2.75, 3.05) is 0 Å². The first kappa shape index (κ1) is 11.4. The van der Waals surface area contributed by atoms with Gasteiger partial charge in [-0.3, -0.25) is 0 Å². The molecule has 0 saturated carbocycles. The molecular formula is C16H12N2O. The summed E-state index contributed by atoms with van der Waals surface area (Å²) in [7, 11) is 0.